The summed E-state index contributed by atoms with van der Waals surface area (Å²) < 4.78 is 0. The van der Waals surface area contributed by atoms with Crippen LogP contribution in [0, 0.1) is 5.92 Å². The molecule has 0 aromatic carbocycles. The van der Waals surface area contributed by atoms with Crippen molar-refractivity contribution in [2.75, 3.05) is 31.1 Å². The van der Waals surface area contributed by atoms with Crippen LogP contribution in [0.4, 0.5) is 5.82 Å². The van der Waals surface area contributed by atoms with Gasteiger partial charge in [-0.1, -0.05) is 6.07 Å². The zero-order chi connectivity index (χ0) is 17.8. The van der Waals surface area contributed by atoms with E-state index in [2.05, 4.69) is 31.9 Å². The first-order valence-corrected chi connectivity index (χ1v) is 9.66. The van der Waals surface area contributed by atoms with Crippen LogP contribution in [0.2, 0.25) is 0 Å². The van der Waals surface area contributed by atoms with Gasteiger partial charge in [0.2, 0.25) is 5.91 Å². The van der Waals surface area contributed by atoms with Gasteiger partial charge in [-0.25, -0.2) is 4.98 Å². The quantitative estimate of drug-likeness (QED) is 0.853. The van der Waals surface area contributed by atoms with Crippen LogP contribution in [0.1, 0.15) is 37.2 Å². The second-order valence-corrected chi connectivity index (χ2v) is 7.35. The van der Waals surface area contributed by atoms with Crippen molar-refractivity contribution in [3.63, 3.8) is 0 Å². The van der Waals surface area contributed by atoms with Crippen LogP contribution in [0.25, 0.3) is 0 Å². The van der Waals surface area contributed by atoms with Crippen LogP contribution in [-0.2, 0) is 4.79 Å². The predicted octanol–water partition coefficient (Wildman–Crippen LogP) is 3.10. The number of carbonyl (C=O) groups excluding carboxylic acids is 1. The number of pyridine rings is 2. The van der Waals surface area contributed by atoms with E-state index in [1.54, 1.807) is 0 Å². The van der Waals surface area contributed by atoms with Crippen LogP contribution in [0.3, 0.4) is 0 Å². The van der Waals surface area contributed by atoms with Gasteiger partial charge in [-0.3, -0.25) is 9.78 Å². The molecule has 2 aromatic heterocycles. The molecule has 0 unspecified atom stereocenters. The van der Waals surface area contributed by atoms with Gasteiger partial charge in [0.1, 0.15) is 5.82 Å². The number of carbonyl (C=O) groups is 1. The van der Waals surface area contributed by atoms with Gasteiger partial charge in [-0.2, -0.15) is 0 Å². The predicted molar refractivity (Wildman–Crippen MR) is 102 cm³/mol. The first-order chi connectivity index (χ1) is 12.8. The fourth-order valence-electron chi connectivity index (χ4n) is 4.25. The molecule has 5 heteroatoms. The Morgan fingerprint density at radius 1 is 0.962 bits per heavy atom. The topological polar surface area (TPSA) is 49.3 Å². The SMILES string of the molecule is O=C([C@H]1CCCN(c2ccccn2)C1)N1CCC(c2ccncc2)CC1. The zero-order valence-electron chi connectivity index (χ0n) is 15.1. The van der Waals surface area contributed by atoms with Gasteiger partial charge in [-0.15, -0.1) is 0 Å². The van der Waals surface area contributed by atoms with Crippen molar-refractivity contribution in [1.82, 2.24) is 14.9 Å². The summed E-state index contributed by atoms with van der Waals surface area (Å²) in [6.45, 7) is 3.52. The third-order valence-corrected chi connectivity index (χ3v) is 5.73. The van der Waals surface area contributed by atoms with Gasteiger partial charge in [0.25, 0.3) is 0 Å². The van der Waals surface area contributed by atoms with Crippen LogP contribution >= 0.6 is 0 Å². The van der Waals surface area contributed by atoms with E-state index in [4.69, 9.17) is 0 Å². The maximum absolute atomic E-state index is 13.0. The zero-order valence-corrected chi connectivity index (χ0v) is 15.1. The molecule has 136 valence electrons. The Bertz CT molecular complexity index is 713. The standard InChI is InChI=1S/C21H26N4O/c26-21(19-4-3-13-25(16-19)20-5-1-2-10-23-20)24-14-8-18(9-15-24)17-6-11-22-12-7-17/h1-2,5-7,10-12,18-19H,3-4,8-9,13-16H2/t19-/m0/s1. The molecule has 5 nitrogen and oxygen atoms in total. The second kappa shape index (κ2) is 7.85. The van der Waals surface area contributed by atoms with Gasteiger partial charge in [0, 0.05) is 44.8 Å². The minimum absolute atomic E-state index is 0.100. The Hall–Kier alpha value is -2.43. The fourth-order valence-corrected chi connectivity index (χ4v) is 4.25. The number of aromatic nitrogens is 2. The van der Waals surface area contributed by atoms with Crippen molar-refractivity contribution >= 4 is 11.7 Å². The molecule has 1 atom stereocenters. The van der Waals surface area contributed by atoms with Crippen molar-refractivity contribution in [2.45, 2.75) is 31.6 Å². The monoisotopic (exact) mass is 350 g/mol. The molecule has 0 N–H and O–H groups in total. The number of piperidine rings is 2. The molecule has 26 heavy (non-hydrogen) atoms. The Morgan fingerprint density at radius 2 is 1.77 bits per heavy atom. The summed E-state index contributed by atoms with van der Waals surface area (Å²) in [4.78, 5) is 25.9. The van der Waals surface area contributed by atoms with Gasteiger partial charge in [0.05, 0.1) is 5.92 Å². The highest BCUT2D eigenvalue weighted by Crippen LogP contribution is 2.29. The van der Waals surface area contributed by atoms with E-state index in [-0.39, 0.29) is 5.92 Å². The average Bonchev–Trinajstić information content (AvgIpc) is 2.75. The Kier molecular flexibility index (Phi) is 5.14. The van der Waals surface area contributed by atoms with Crippen LogP contribution in [0.15, 0.2) is 48.9 Å². The van der Waals surface area contributed by atoms with Crippen LogP contribution in [-0.4, -0.2) is 47.0 Å². The summed E-state index contributed by atoms with van der Waals surface area (Å²) in [5, 5.41) is 0. The molecule has 0 bridgehead atoms. The number of anilines is 1. The van der Waals surface area contributed by atoms with Crippen molar-refractivity contribution < 1.29 is 4.79 Å². The highest BCUT2D eigenvalue weighted by molar-refractivity contribution is 5.80. The summed E-state index contributed by atoms with van der Waals surface area (Å²) in [5.41, 5.74) is 1.35. The average molecular weight is 350 g/mol. The Morgan fingerprint density at radius 3 is 2.50 bits per heavy atom. The Labute approximate surface area is 155 Å². The molecule has 2 saturated heterocycles. The normalized spacial score (nSPS) is 21.6. The van der Waals surface area contributed by atoms with Crippen molar-refractivity contribution in [3.8, 4) is 0 Å². The maximum Gasteiger partial charge on any atom is 0.227 e. The third-order valence-electron chi connectivity index (χ3n) is 5.73. The number of rotatable bonds is 3. The van der Waals surface area contributed by atoms with Gasteiger partial charge in [-0.05, 0) is 61.4 Å². The second-order valence-electron chi connectivity index (χ2n) is 7.35. The number of hydrogen-bond donors (Lipinski definition) is 0. The first kappa shape index (κ1) is 17.0. The van der Waals surface area contributed by atoms with Gasteiger partial charge < -0.3 is 9.80 Å². The minimum atomic E-state index is 0.100. The molecule has 2 aromatic rings. The van der Waals surface area contributed by atoms with Crippen LogP contribution < -0.4 is 4.90 Å². The summed E-state index contributed by atoms with van der Waals surface area (Å²) in [5.74, 6) is 1.97. The first-order valence-electron chi connectivity index (χ1n) is 9.66. The lowest BCUT2D eigenvalue weighted by Gasteiger charge is -2.38. The largest absolute Gasteiger partial charge is 0.356 e. The van der Waals surface area contributed by atoms with E-state index in [0.29, 0.717) is 11.8 Å². The summed E-state index contributed by atoms with van der Waals surface area (Å²) in [6, 6.07) is 10.2. The molecule has 2 aliphatic heterocycles. The Balaban J connectivity index is 1.35. The van der Waals surface area contributed by atoms with E-state index in [0.717, 1.165) is 57.7 Å². The van der Waals surface area contributed by atoms with Crippen molar-refractivity contribution in [3.05, 3.63) is 54.5 Å². The molecular weight excluding hydrogens is 324 g/mol. The number of likely N-dealkylation sites (tertiary alicyclic amines) is 1. The van der Waals surface area contributed by atoms with E-state index in [1.165, 1.54) is 5.56 Å². The smallest absolute Gasteiger partial charge is 0.227 e. The van der Waals surface area contributed by atoms with E-state index >= 15 is 0 Å². The summed E-state index contributed by atoms with van der Waals surface area (Å²) in [6.07, 6.45) is 9.69. The molecule has 2 fully saturated rings. The lowest BCUT2D eigenvalue weighted by molar-refractivity contribution is -0.136. The maximum atomic E-state index is 13.0. The molecule has 0 aliphatic carbocycles. The highest BCUT2D eigenvalue weighted by Gasteiger charge is 2.32. The summed E-state index contributed by atoms with van der Waals surface area (Å²) >= 11 is 0. The number of hydrogen-bond acceptors (Lipinski definition) is 4. The molecule has 0 saturated carbocycles. The molecule has 4 heterocycles. The fraction of sp³-hybridized carbons (Fsp3) is 0.476. The molecule has 0 spiro atoms. The lowest BCUT2D eigenvalue weighted by Crippen LogP contribution is -2.47. The molecule has 4 rings (SSSR count). The number of nitrogens with zero attached hydrogens (tertiary/aromatic N) is 4. The number of amides is 1. The third kappa shape index (κ3) is 3.71. The van der Waals surface area contributed by atoms with Gasteiger partial charge >= 0.3 is 0 Å². The molecule has 1 amide bonds. The van der Waals surface area contributed by atoms with Gasteiger partial charge in [0.15, 0.2) is 0 Å². The molecule has 2 aliphatic rings. The van der Waals surface area contributed by atoms with E-state index < -0.39 is 0 Å². The minimum Gasteiger partial charge on any atom is -0.356 e. The molecular formula is C21H26N4O. The molecule has 0 radical (unpaired) electrons. The van der Waals surface area contributed by atoms with E-state index in [1.807, 2.05) is 36.8 Å². The van der Waals surface area contributed by atoms with E-state index in [9.17, 15) is 4.79 Å². The van der Waals surface area contributed by atoms with Crippen molar-refractivity contribution in [2.24, 2.45) is 5.92 Å². The summed E-state index contributed by atoms with van der Waals surface area (Å²) in [7, 11) is 0. The van der Waals surface area contributed by atoms with Crippen molar-refractivity contribution in [1.29, 1.82) is 0 Å². The van der Waals surface area contributed by atoms with Crippen LogP contribution in [0.5, 0.6) is 0 Å². The highest BCUT2D eigenvalue weighted by atomic mass is 16.2. The lowest BCUT2D eigenvalue weighted by atomic mass is 9.89.